The number of nitrogens with one attached hydrogen (secondary N) is 1. The minimum absolute atomic E-state index is 0.0188. The third-order valence-electron chi connectivity index (χ3n) is 4.44. The molecule has 1 aromatic carbocycles. The van der Waals surface area contributed by atoms with Crippen molar-refractivity contribution in [3.63, 3.8) is 0 Å². The summed E-state index contributed by atoms with van der Waals surface area (Å²) in [6.07, 6.45) is 2.68. The molecule has 1 aliphatic rings. The molecule has 104 valence electrons. The van der Waals surface area contributed by atoms with E-state index in [1.807, 2.05) is 0 Å². The van der Waals surface area contributed by atoms with Crippen molar-refractivity contribution in [3.8, 4) is 0 Å². The summed E-state index contributed by atoms with van der Waals surface area (Å²) in [4.78, 5) is 11.9. The van der Waals surface area contributed by atoms with E-state index in [2.05, 4.69) is 57.3 Å². The Labute approximate surface area is 116 Å². The van der Waals surface area contributed by atoms with Gasteiger partial charge in [0.05, 0.1) is 0 Å². The minimum Gasteiger partial charge on any atom is -0.352 e. The average Bonchev–Trinajstić information content (AvgIpc) is 2.66. The van der Waals surface area contributed by atoms with E-state index in [4.69, 9.17) is 0 Å². The van der Waals surface area contributed by atoms with Crippen LogP contribution in [0.2, 0.25) is 0 Å². The van der Waals surface area contributed by atoms with Gasteiger partial charge in [-0.15, -0.1) is 0 Å². The average molecular weight is 259 g/mol. The Morgan fingerprint density at radius 3 is 2.47 bits per heavy atom. The van der Waals surface area contributed by atoms with Gasteiger partial charge in [-0.25, -0.2) is 0 Å². The largest absolute Gasteiger partial charge is 0.352 e. The van der Waals surface area contributed by atoms with Gasteiger partial charge in [0, 0.05) is 17.9 Å². The molecule has 1 aromatic rings. The molecule has 0 spiro atoms. The quantitative estimate of drug-likeness (QED) is 0.880. The lowest BCUT2D eigenvalue weighted by molar-refractivity contribution is -0.119. The Balaban J connectivity index is 2.38. The van der Waals surface area contributed by atoms with Crippen molar-refractivity contribution in [3.05, 3.63) is 35.4 Å². The first kappa shape index (κ1) is 14.1. The number of hydrogen-bond acceptors (Lipinski definition) is 1. The van der Waals surface area contributed by atoms with Gasteiger partial charge in [0.25, 0.3) is 0 Å². The summed E-state index contributed by atoms with van der Waals surface area (Å²) in [6, 6.07) is 8.98. The van der Waals surface area contributed by atoms with E-state index in [1.54, 1.807) is 0 Å². The standard InChI is InChI=1S/C17H25NO/c1-5-17(14-8-6-13(4)7-9-14)11-16(19)18-15(17)10-12(2)3/h6-9,12,15H,5,10-11H2,1-4H3,(H,18,19). The van der Waals surface area contributed by atoms with Crippen LogP contribution in [-0.2, 0) is 10.2 Å². The summed E-state index contributed by atoms with van der Waals surface area (Å²) in [5, 5.41) is 3.20. The SMILES string of the molecule is CCC1(c2ccc(C)cc2)CC(=O)NC1CC(C)C. The van der Waals surface area contributed by atoms with Crippen LogP contribution in [0.4, 0.5) is 0 Å². The van der Waals surface area contributed by atoms with Crippen LogP contribution in [0.3, 0.4) is 0 Å². The molecule has 0 radical (unpaired) electrons. The number of aryl methyl sites for hydroxylation is 1. The van der Waals surface area contributed by atoms with Gasteiger partial charge in [-0.1, -0.05) is 50.6 Å². The van der Waals surface area contributed by atoms with Gasteiger partial charge < -0.3 is 5.32 Å². The van der Waals surface area contributed by atoms with Gasteiger partial charge in [-0.3, -0.25) is 4.79 Å². The topological polar surface area (TPSA) is 29.1 Å². The molecule has 0 bridgehead atoms. The molecule has 1 heterocycles. The zero-order chi connectivity index (χ0) is 14.0. The maximum Gasteiger partial charge on any atom is 0.221 e. The fourth-order valence-corrected chi connectivity index (χ4v) is 3.31. The van der Waals surface area contributed by atoms with E-state index in [9.17, 15) is 4.79 Å². The Hall–Kier alpha value is -1.31. The number of carbonyl (C=O) groups excluding carboxylic acids is 1. The van der Waals surface area contributed by atoms with Crippen molar-refractivity contribution < 1.29 is 4.79 Å². The number of hydrogen-bond donors (Lipinski definition) is 1. The number of carbonyl (C=O) groups is 1. The molecule has 2 unspecified atom stereocenters. The smallest absolute Gasteiger partial charge is 0.221 e. The molecule has 0 aliphatic carbocycles. The fourth-order valence-electron chi connectivity index (χ4n) is 3.31. The molecule has 1 amide bonds. The van der Waals surface area contributed by atoms with Crippen molar-refractivity contribution in [2.24, 2.45) is 5.92 Å². The second-order valence-corrected chi connectivity index (χ2v) is 6.30. The van der Waals surface area contributed by atoms with Crippen molar-refractivity contribution in [2.75, 3.05) is 0 Å². The summed E-state index contributed by atoms with van der Waals surface area (Å²) in [5.74, 6) is 0.799. The Kier molecular flexibility index (Phi) is 3.98. The summed E-state index contributed by atoms with van der Waals surface area (Å²) in [5.41, 5.74) is 2.56. The van der Waals surface area contributed by atoms with Gasteiger partial charge in [0.2, 0.25) is 5.91 Å². The molecule has 2 heteroatoms. The monoisotopic (exact) mass is 259 g/mol. The van der Waals surface area contributed by atoms with E-state index >= 15 is 0 Å². The van der Waals surface area contributed by atoms with Crippen molar-refractivity contribution in [2.45, 2.75) is 58.4 Å². The van der Waals surface area contributed by atoms with E-state index in [-0.39, 0.29) is 17.4 Å². The molecule has 19 heavy (non-hydrogen) atoms. The van der Waals surface area contributed by atoms with Crippen molar-refractivity contribution in [1.82, 2.24) is 5.32 Å². The third-order valence-corrected chi connectivity index (χ3v) is 4.44. The molecular weight excluding hydrogens is 234 g/mol. The maximum atomic E-state index is 11.9. The number of rotatable bonds is 4. The van der Waals surface area contributed by atoms with Gasteiger partial charge in [0.15, 0.2) is 0 Å². The highest BCUT2D eigenvalue weighted by atomic mass is 16.2. The zero-order valence-corrected chi connectivity index (χ0v) is 12.5. The van der Waals surface area contributed by atoms with E-state index in [0.29, 0.717) is 12.3 Å². The first-order valence-electron chi connectivity index (χ1n) is 7.34. The second kappa shape index (κ2) is 5.36. The van der Waals surface area contributed by atoms with Crippen LogP contribution in [0.1, 0.15) is 51.2 Å². The van der Waals surface area contributed by atoms with Gasteiger partial charge in [-0.05, 0) is 31.2 Å². The van der Waals surface area contributed by atoms with E-state index in [1.165, 1.54) is 11.1 Å². The van der Waals surface area contributed by atoms with Crippen LogP contribution < -0.4 is 5.32 Å². The lowest BCUT2D eigenvalue weighted by Gasteiger charge is -2.35. The highest BCUT2D eigenvalue weighted by Gasteiger charge is 2.46. The van der Waals surface area contributed by atoms with Crippen molar-refractivity contribution >= 4 is 5.91 Å². The molecule has 2 nitrogen and oxygen atoms in total. The molecule has 1 aliphatic heterocycles. The van der Waals surface area contributed by atoms with E-state index in [0.717, 1.165) is 12.8 Å². The minimum atomic E-state index is -0.0188. The van der Waals surface area contributed by atoms with Crippen LogP contribution in [0.25, 0.3) is 0 Å². The Bertz CT molecular complexity index is 449. The molecular formula is C17H25NO. The summed E-state index contributed by atoms with van der Waals surface area (Å²) >= 11 is 0. The summed E-state index contributed by atoms with van der Waals surface area (Å²) in [7, 11) is 0. The summed E-state index contributed by atoms with van der Waals surface area (Å²) in [6.45, 7) is 8.75. The lowest BCUT2D eigenvalue weighted by Crippen LogP contribution is -2.41. The molecule has 2 rings (SSSR count). The Morgan fingerprint density at radius 1 is 1.32 bits per heavy atom. The Morgan fingerprint density at radius 2 is 1.95 bits per heavy atom. The molecule has 0 aromatic heterocycles. The highest BCUT2D eigenvalue weighted by molar-refractivity contribution is 5.81. The number of benzene rings is 1. The normalized spacial score (nSPS) is 26.8. The molecule has 1 saturated heterocycles. The van der Waals surface area contributed by atoms with Gasteiger partial charge >= 0.3 is 0 Å². The van der Waals surface area contributed by atoms with Crippen LogP contribution in [-0.4, -0.2) is 11.9 Å². The van der Waals surface area contributed by atoms with Gasteiger partial charge in [-0.2, -0.15) is 0 Å². The fraction of sp³-hybridized carbons (Fsp3) is 0.588. The first-order valence-corrected chi connectivity index (χ1v) is 7.34. The lowest BCUT2D eigenvalue weighted by atomic mass is 9.70. The van der Waals surface area contributed by atoms with Crippen LogP contribution in [0.15, 0.2) is 24.3 Å². The summed E-state index contributed by atoms with van der Waals surface area (Å²) < 4.78 is 0. The molecule has 0 saturated carbocycles. The highest BCUT2D eigenvalue weighted by Crippen LogP contribution is 2.41. The van der Waals surface area contributed by atoms with Gasteiger partial charge in [0.1, 0.15) is 0 Å². The maximum absolute atomic E-state index is 11.9. The molecule has 1 N–H and O–H groups in total. The van der Waals surface area contributed by atoms with Crippen LogP contribution in [0.5, 0.6) is 0 Å². The molecule has 1 fully saturated rings. The van der Waals surface area contributed by atoms with E-state index < -0.39 is 0 Å². The predicted octanol–water partition coefficient (Wildman–Crippen LogP) is 3.58. The number of amides is 1. The first-order chi connectivity index (χ1) is 8.98. The second-order valence-electron chi connectivity index (χ2n) is 6.30. The van der Waals surface area contributed by atoms with Crippen LogP contribution in [0, 0.1) is 12.8 Å². The predicted molar refractivity (Wildman–Crippen MR) is 79.2 cm³/mol. The van der Waals surface area contributed by atoms with Crippen molar-refractivity contribution in [1.29, 1.82) is 0 Å². The zero-order valence-electron chi connectivity index (χ0n) is 12.5. The van der Waals surface area contributed by atoms with Crippen LogP contribution >= 0.6 is 0 Å². The molecule has 2 atom stereocenters. The third kappa shape index (κ3) is 2.68.